The van der Waals surface area contributed by atoms with Gasteiger partial charge in [-0.05, 0) is 48.7 Å². The van der Waals surface area contributed by atoms with Crippen molar-refractivity contribution in [1.82, 2.24) is 4.31 Å². The Morgan fingerprint density at radius 2 is 1.72 bits per heavy atom. The number of anilines is 1. The summed E-state index contributed by atoms with van der Waals surface area (Å²) in [7, 11) is -5.46. The number of carboxylic acid groups (broad SMARTS) is 1. The summed E-state index contributed by atoms with van der Waals surface area (Å²) in [5, 5.41) is 7.12. The van der Waals surface area contributed by atoms with Gasteiger partial charge in [0.25, 0.3) is 5.91 Å². The summed E-state index contributed by atoms with van der Waals surface area (Å²) < 4.78 is 66.6. The molecule has 0 spiro atoms. The standard InChI is InChI=1S/C23H33N3O4SSi.C2HF3O2/c1-32(2,3)15-14-25-23(27)17-26(31(25,28)29)21-12-11-19(10-7-13-24)16-22(21)30-18-20-8-5-4-6-9-20;3-2(4,5)1(6)7/h4-6,8-9,11-12,16H,7,10,13-15,17-18,24H2,1-3H3;(H,6,7). The highest BCUT2D eigenvalue weighted by Gasteiger charge is 2.44. The number of carbonyl (C=O) groups is 2. The van der Waals surface area contributed by atoms with E-state index in [1.54, 1.807) is 6.07 Å². The largest absolute Gasteiger partial charge is 0.490 e. The molecule has 1 fully saturated rings. The van der Waals surface area contributed by atoms with E-state index in [2.05, 4.69) is 19.6 Å². The molecule has 1 amide bonds. The van der Waals surface area contributed by atoms with Gasteiger partial charge >= 0.3 is 22.4 Å². The minimum absolute atomic E-state index is 0.210. The van der Waals surface area contributed by atoms with Crippen molar-refractivity contribution < 1.29 is 41.0 Å². The van der Waals surface area contributed by atoms with Gasteiger partial charge in [-0.1, -0.05) is 56.0 Å². The quantitative estimate of drug-likeness (QED) is 0.401. The van der Waals surface area contributed by atoms with Gasteiger partial charge in [0.05, 0.1) is 5.69 Å². The maximum Gasteiger partial charge on any atom is 0.490 e. The highest BCUT2D eigenvalue weighted by atomic mass is 32.2. The average molecular weight is 590 g/mol. The van der Waals surface area contributed by atoms with Gasteiger partial charge in [-0.25, -0.2) is 13.4 Å². The predicted octanol–water partition coefficient (Wildman–Crippen LogP) is 4.02. The highest BCUT2D eigenvalue weighted by Crippen LogP contribution is 2.36. The van der Waals surface area contributed by atoms with Crippen molar-refractivity contribution in [3.05, 3.63) is 59.7 Å². The molecule has 1 aliphatic rings. The Hall–Kier alpha value is -3.10. The number of carboxylic acids is 1. The fourth-order valence-corrected chi connectivity index (χ4v) is 6.10. The number of amides is 1. The van der Waals surface area contributed by atoms with Gasteiger partial charge in [-0.3, -0.25) is 4.79 Å². The second-order valence-electron chi connectivity index (χ2n) is 10.1. The molecule has 0 aliphatic carbocycles. The van der Waals surface area contributed by atoms with Crippen molar-refractivity contribution in [2.45, 2.75) is 51.3 Å². The third-order valence-corrected chi connectivity index (χ3v) is 9.17. The van der Waals surface area contributed by atoms with E-state index < -0.39 is 36.3 Å². The molecule has 3 rings (SSSR count). The lowest BCUT2D eigenvalue weighted by molar-refractivity contribution is -0.192. The van der Waals surface area contributed by atoms with Crippen molar-refractivity contribution in [2.24, 2.45) is 5.73 Å². The molecular weight excluding hydrogens is 555 g/mol. The molecule has 0 radical (unpaired) electrons. The van der Waals surface area contributed by atoms with Crippen LogP contribution in [0, 0.1) is 0 Å². The second kappa shape index (κ2) is 13.3. The number of hydrogen-bond donors (Lipinski definition) is 2. The van der Waals surface area contributed by atoms with E-state index in [1.165, 1.54) is 4.31 Å². The summed E-state index contributed by atoms with van der Waals surface area (Å²) in [5.41, 5.74) is 8.02. The van der Waals surface area contributed by atoms with Gasteiger partial charge in [-0.2, -0.15) is 21.6 Å². The minimum Gasteiger partial charge on any atom is -0.487 e. The number of carbonyl (C=O) groups excluding carboxylic acids is 1. The lowest BCUT2D eigenvalue weighted by atomic mass is 10.1. The van der Waals surface area contributed by atoms with Crippen molar-refractivity contribution >= 4 is 35.8 Å². The molecule has 3 N–H and O–H groups in total. The van der Waals surface area contributed by atoms with Gasteiger partial charge in [-0.15, -0.1) is 0 Å². The first-order valence-electron chi connectivity index (χ1n) is 12.2. The van der Waals surface area contributed by atoms with Crippen LogP contribution in [0.2, 0.25) is 25.7 Å². The summed E-state index contributed by atoms with van der Waals surface area (Å²) >= 11 is 0. The van der Waals surface area contributed by atoms with Crippen LogP contribution in [0.5, 0.6) is 5.75 Å². The normalized spacial score (nSPS) is 15.1. The molecule has 1 heterocycles. The van der Waals surface area contributed by atoms with E-state index in [1.807, 2.05) is 42.5 Å². The topological polar surface area (TPSA) is 130 Å². The Bertz CT molecular complexity index is 1240. The molecule has 9 nitrogen and oxygen atoms in total. The summed E-state index contributed by atoms with van der Waals surface area (Å²) in [6.07, 6.45) is -3.49. The van der Waals surface area contributed by atoms with E-state index in [4.69, 9.17) is 20.4 Å². The van der Waals surface area contributed by atoms with Crippen LogP contribution in [0.4, 0.5) is 18.9 Å². The van der Waals surface area contributed by atoms with Gasteiger partial charge in [0.2, 0.25) is 0 Å². The lowest BCUT2D eigenvalue weighted by Crippen LogP contribution is -2.37. The predicted molar refractivity (Wildman–Crippen MR) is 144 cm³/mol. The Morgan fingerprint density at radius 3 is 2.26 bits per heavy atom. The molecule has 216 valence electrons. The monoisotopic (exact) mass is 589 g/mol. The first-order valence-corrected chi connectivity index (χ1v) is 17.3. The second-order valence-corrected chi connectivity index (χ2v) is 17.5. The van der Waals surface area contributed by atoms with Gasteiger partial charge in [0, 0.05) is 14.6 Å². The van der Waals surface area contributed by atoms with E-state index in [0.29, 0.717) is 24.6 Å². The molecule has 1 saturated heterocycles. The summed E-state index contributed by atoms with van der Waals surface area (Å²) in [4.78, 5) is 21.6. The molecule has 1 aliphatic heterocycles. The van der Waals surface area contributed by atoms with Gasteiger partial charge in [0.15, 0.2) is 0 Å². The maximum absolute atomic E-state index is 13.3. The average Bonchev–Trinajstić information content (AvgIpc) is 3.07. The number of hydrogen-bond acceptors (Lipinski definition) is 6. The third kappa shape index (κ3) is 9.55. The molecule has 39 heavy (non-hydrogen) atoms. The van der Waals surface area contributed by atoms with Crippen LogP contribution in [0.15, 0.2) is 48.5 Å². The molecular formula is C25H34F3N3O6SSi. The molecule has 0 aromatic heterocycles. The van der Waals surface area contributed by atoms with Crippen molar-refractivity contribution in [2.75, 3.05) is 23.9 Å². The first kappa shape index (κ1) is 32.1. The fraction of sp³-hybridized carbons (Fsp3) is 0.440. The van der Waals surface area contributed by atoms with E-state index in [-0.39, 0.29) is 13.1 Å². The number of aliphatic carboxylic acids is 1. The Labute approximate surface area is 227 Å². The number of nitrogens with two attached hydrogens (primary N) is 1. The molecule has 0 unspecified atom stereocenters. The number of benzene rings is 2. The summed E-state index contributed by atoms with van der Waals surface area (Å²) in [6, 6.07) is 15.9. The Morgan fingerprint density at radius 1 is 1.10 bits per heavy atom. The number of ether oxygens (including phenoxy) is 1. The van der Waals surface area contributed by atoms with Crippen molar-refractivity contribution in [3.63, 3.8) is 0 Å². The number of rotatable bonds is 10. The maximum atomic E-state index is 13.3. The highest BCUT2D eigenvalue weighted by molar-refractivity contribution is 7.91. The number of nitrogens with zero attached hydrogens (tertiary/aromatic N) is 2. The number of aryl methyl sites for hydroxylation is 1. The molecule has 14 heteroatoms. The van der Waals surface area contributed by atoms with Crippen LogP contribution in [0.3, 0.4) is 0 Å². The first-order chi connectivity index (χ1) is 18.1. The van der Waals surface area contributed by atoms with Crippen LogP contribution in [-0.2, 0) is 32.8 Å². The Balaban J connectivity index is 0.000000673. The number of halogens is 3. The third-order valence-electron chi connectivity index (χ3n) is 5.62. The Kier molecular flexibility index (Phi) is 11.0. The van der Waals surface area contributed by atoms with Crippen LogP contribution in [0.1, 0.15) is 17.5 Å². The van der Waals surface area contributed by atoms with Crippen LogP contribution >= 0.6 is 0 Å². The van der Waals surface area contributed by atoms with E-state index >= 15 is 0 Å². The fourth-order valence-electron chi connectivity index (χ4n) is 3.49. The lowest BCUT2D eigenvalue weighted by Gasteiger charge is -2.24. The van der Waals surface area contributed by atoms with Crippen LogP contribution in [0.25, 0.3) is 0 Å². The molecule has 2 aromatic rings. The van der Waals surface area contributed by atoms with Crippen molar-refractivity contribution in [3.8, 4) is 5.75 Å². The summed E-state index contributed by atoms with van der Waals surface area (Å²) in [5.74, 6) is -2.70. The molecule has 2 aromatic carbocycles. The minimum atomic E-state index is -5.08. The number of alkyl halides is 3. The summed E-state index contributed by atoms with van der Waals surface area (Å²) in [6.45, 7) is 7.37. The zero-order chi connectivity index (χ0) is 29.4. The van der Waals surface area contributed by atoms with Crippen LogP contribution in [-0.4, -0.2) is 63.6 Å². The van der Waals surface area contributed by atoms with Gasteiger partial charge < -0.3 is 15.6 Å². The van der Waals surface area contributed by atoms with Gasteiger partial charge in [0.1, 0.15) is 18.9 Å². The zero-order valence-corrected chi connectivity index (χ0v) is 23.9. The molecule has 0 atom stereocenters. The zero-order valence-electron chi connectivity index (χ0n) is 22.1. The molecule has 0 saturated carbocycles. The smallest absolute Gasteiger partial charge is 0.487 e. The van der Waals surface area contributed by atoms with E-state index in [9.17, 15) is 26.4 Å². The molecule has 0 bridgehead atoms. The van der Waals surface area contributed by atoms with E-state index in [0.717, 1.165) is 34.3 Å². The van der Waals surface area contributed by atoms with Crippen molar-refractivity contribution in [1.29, 1.82) is 0 Å². The SMILES string of the molecule is C[Si](C)(C)CCN1C(=O)CN(c2ccc(CCCN)cc2OCc2ccccc2)S1(=O)=O.O=C(O)C(F)(F)F. The van der Waals surface area contributed by atoms with Crippen LogP contribution < -0.4 is 14.8 Å².